The van der Waals surface area contributed by atoms with Crippen molar-refractivity contribution in [2.45, 2.75) is 44.6 Å². The predicted molar refractivity (Wildman–Crippen MR) is 80.0 cm³/mol. The van der Waals surface area contributed by atoms with Gasteiger partial charge in [-0.05, 0) is 31.2 Å². The van der Waals surface area contributed by atoms with Gasteiger partial charge >= 0.3 is 0 Å². The van der Waals surface area contributed by atoms with E-state index in [9.17, 15) is 9.59 Å². The van der Waals surface area contributed by atoms with Crippen molar-refractivity contribution in [1.29, 1.82) is 5.26 Å². The van der Waals surface area contributed by atoms with Gasteiger partial charge in [-0.1, -0.05) is 30.3 Å². The highest BCUT2D eigenvalue weighted by Gasteiger charge is 2.17. The summed E-state index contributed by atoms with van der Waals surface area (Å²) in [6, 6.07) is 11.1. The van der Waals surface area contributed by atoms with Crippen molar-refractivity contribution in [2.24, 2.45) is 5.73 Å². The maximum atomic E-state index is 11.8. The molecule has 0 unspecified atom stereocenters. The van der Waals surface area contributed by atoms with E-state index in [1.807, 2.05) is 36.4 Å². The van der Waals surface area contributed by atoms with Crippen LogP contribution in [0.1, 0.15) is 37.7 Å². The lowest BCUT2D eigenvalue weighted by Crippen LogP contribution is -2.44. The fourth-order valence-electron chi connectivity index (χ4n) is 2.01. The van der Waals surface area contributed by atoms with Gasteiger partial charge in [0.05, 0.1) is 6.07 Å². The number of nitrogens with one attached hydrogen (secondary N) is 1. The second kappa shape index (κ2) is 9.54. The highest BCUT2D eigenvalue weighted by atomic mass is 16.2. The van der Waals surface area contributed by atoms with E-state index in [4.69, 9.17) is 11.0 Å². The molecule has 0 spiro atoms. The van der Waals surface area contributed by atoms with Crippen LogP contribution in [0.4, 0.5) is 0 Å². The lowest BCUT2D eigenvalue weighted by molar-refractivity contribution is -0.127. The zero-order chi connectivity index (χ0) is 15.5. The number of nitriles is 1. The van der Waals surface area contributed by atoms with Crippen LogP contribution in [0.3, 0.4) is 0 Å². The number of carbonyl (C=O) groups excluding carboxylic acids is 2. The highest BCUT2D eigenvalue weighted by Crippen LogP contribution is 2.05. The number of amides is 2. The van der Waals surface area contributed by atoms with Gasteiger partial charge in [0.25, 0.3) is 0 Å². The largest absolute Gasteiger partial charge is 0.368 e. The fraction of sp³-hybridized carbons (Fsp3) is 0.438. The molecule has 0 aliphatic rings. The number of hydrogen-bond acceptors (Lipinski definition) is 3. The Morgan fingerprint density at radius 2 is 1.95 bits per heavy atom. The highest BCUT2D eigenvalue weighted by molar-refractivity contribution is 5.86. The van der Waals surface area contributed by atoms with Crippen LogP contribution in [-0.2, 0) is 16.0 Å². The Bertz CT molecular complexity index is 494. The quantitative estimate of drug-likeness (QED) is 0.676. The first-order chi connectivity index (χ1) is 10.1. The predicted octanol–water partition coefficient (Wildman–Crippen LogP) is 1.67. The molecule has 1 rings (SSSR count). The van der Waals surface area contributed by atoms with Gasteiger partial charge in [-0.15, -0.1) is 0 Å². The molecule has 2 amide bonds. The summed E-state index contributed by atoms with van der Waals surface area (Å²) in [6.07, 6.45) is 3.29. The number of carbonyl (C=O) groups is 2. The Balaban J connectivity index is 2.35. The molecular weight excluding hydrogens is 266 g/mol. The third-order valence-corrected chi connectivity index (χ3v) is 3.19. The summed E-state index contributed by atoms with van der Waals surface area (Å²) in [7, 11) is 0. The summed E-state index contributed by atoms with van der Waals surface area (Å²) in [5, 5.41) is 11.1. The molecule has 0 heterocycles. The topological polar surface area (TPSA) is 96.0 Å². The molecule has 0 saturated carbocycles. The van der Waals surface area contributed by atoms with E-state index < -0.39 is 11.9 Å². The number of nitrogens with zero attached hydrogens (tertiary/aromatic N) is 1. The molecule has 0 fully saturated rings. The maximum Gasteiger partial charge on any atom is 0.239 e. The number of rotatable bonds is 9. The summed E-state index contributed by atoms with van der Waals surface area (Å²) >= 11 is 0. The minimum absolute atomic E-state index is 0.178. The van der Waals surface area contributed by atoms with Crippen molar-refractivity contribution >= 4 is 11.8 Å². The zero-order valence-electron chi connectivity index (χ0n) is 12.0. The van der Waals surface area contributed by atoms with E-state index in [0.717, 1.165) is 5.56 Å². The molecule has 3 N–H and O–H groups in total. The van der Waals surface area contributed by atoms with Gasteiger partial charge in [-0.2, -0.15) is 5.26 Å². The van der Waals surface area contributed by atoms with E-state index in [2.05, 4.69) is 5.32 Å². The third-order valence-electron chi connectivity index (χ3n) is 3.19. The van der Waals surface area contributed by atoms with Crippen LogP contribution in [0.5, 0.6) is 0 Å². The minimum atomic E-state index is -0.646. The number of benzene rings is 1. The first-order valence-electron chi connectivity index (χ1n) is 7.13. The molecule has 0 aromatic heterocycles. The van der Waals surface area contributed by atoms with Crippen molar-refractivity contribution in [3.63, 3.8) is 0 Å². The molecule has 112 valence electrons. The summed E-state index contributed by atoms with van der Waals surface area (Å²) < 4.78 is 0. The Labute approximate surface area is 125 Å². The minimum Gasteiger partial charge on any atom is -0.368 e. The average Bonchev–Trinajstić information content (AvgIpc) is 2.49. The first kappa shape index (κ1) is 16.7. The van der Waals surface area contributed by atoms with Crippen LogP contribution in [-0.4, -0.2) is 17.9 Å². The molecule has 1 aromatic carbocycles. The standard InChI is InChI=1S/C16H21N3O2/c17-12-6-2-5-9-14(16(18)21)19-15(20)11-10-13-7-3-1-4-8-13/h1,3-4,7-8,14H,2,5-6,9-11H2,(H2,18,21)(H,19,20)/t14-/m0/s1. The summed E-state index contributed by atoms with van der Waals surface area (Å²) in [5.74, 6) is -0.706. The monoisotopic (exact) mass is 287 g/mol. The fourth-order valence-corrected chi connectivity index (χ4v) is 2.01. The van der Waals surface area contributed by atoms with Crippen molar-refractivity contribution in [2.75, 3.05) is 0 Å². The van der Waals surface area contributed by atoms with Gasteiger partial charge in [0.15, 0.2) is 0 Å². The Hall–Kier alpha value is -2.35. The van der Waals surface area contributed by atoms with E-state index in [1.165, 1.54) is 0 Å². The summed E-state index contributed by atoms with van der Waals surface area (Å²) in [5.41, 5.74) is 6.37. The van der Waals surface area contributed by atoms with Crippen LogP contribution in [0.25, 0.3) is 0 Å². The molecule has 0 saturated heterocycles. The molecule has 5 heteroatoms. The van der Waals surface area contributed by atoms with E-state index in [0.29, 0.717) is 38.5 Å². The number of aryl methyl sites for hydroxylation is 1. The summed E-state index contributed by atoms with van der Waals surface area (Å²) in [6.45, 7) is 0. The van der Waals surface area contributed by atoms with E-state index >= 15 is 0 Å². The molecule has 0 bridgehead atoms. The molecule has 21 heavy (non-hydrogen) atoms. The van der Waals surface area contributed by atoms with Crippen LogP contribution in [0, 0.1) is 11.3 Å². The van der Waals surface area contributed by atoms with Gasteiger partial charge in [-0.25, -0.2) is 0 Å². The molecular formula is C16H21N3O2. The van der Waals surface area contributed by atoms with Crippen molar-refractivity contribution < 1.29 is 9.59 Å². The number of nitrogens with two attached hydrogens (primary N) is 1. The lowest BCUT2D eigenvalue weighted by atomic mass is 10.1. The van der Waals surface area contributed by atoms with Crippen LogP contribution in [0.15, 0.2) is 30.3 Å². The number of unbranched alkanes of at least 4 members (excludes halogenated alkanes) is 2. The van der Waals surface area contributed by atoms with Gasteiger partial charge in [0.2, 0.25) is 11.8 Å². The third kappa shape index (κ3) is 7.11. The van der Waals surface area contributed by atoms with Gasteiger partial charge < -0.3 is 11.1 Å². The molecule has 1 aromatic rings. The van der Waals surface area contributed by atoms with Crippen molar-refractivity contribution in [3.8, 4) is 6.07 Å². The Morgan fingerprint density at radius 3 is 2.57 bits per heavy atom. The summed E-state index contributed by atoms with van der Waals surface area (Å²) in [4.78, 5) is 23.2. The Kier molecular flexibility index (Phi) is 7.59. The van der Waals surface area contributed by atoms with Crippen molar-refractivity contribution in [3.05, 3.63) is 35.9 Å². The van der Waals surface area contributed by atoms with E-state index in [-0.39, 0.29) is 5.91 Å². The smallest absolute Gasteiger partial charge is 0.239 e. The van der Waals surface area contributed by atoms with Gasteiger partial charge in [0, 0.05) is 12.8 Å². The molecule has 0 aliphatic heterocycles. The van der Waals surface area contributed by atoms with Gasteiger partial charge in [0.1, 0.15) is 6.04 Å². The average molecular weight is 287 g/mol. The maximum absolute atomic E-state index is 11.8. The second-order valence-electron chi connectivity index (χ2n) is 4.91. The molecule has 5 nitrogen and oxygen atoms in total. The van der Waals surface area contributed by atoms with Crippen LogP contribution < -0.4 is 11.1 Å². The van der Waals surface area contributed by atoms with Crippen molar-refractivity contribution in [1.82, 2.24) is 5.32 Å². The Morgan fingerprint density at radius 1 is 1.24 bits per heavy atom. The molecule has 0 aliphatic carbocycles. The lowest BCUT2D eigenvalue weighted by Gasteiger charge is -2.15. The second-order valence-corrected chi connectivity index (χ2v) is 4.91. The SMILES string of the molecule is N#CCCCC[C@H](NC(=O)CCc1ccccc1)C(N)=O. The number of hydrogen-bond donors (Lipinski definition) is 2. The zero-order valence-corrected chi connectivity index (χ0v) is 12.0. The van der Waals surface area contributed by atoms with Crippen LogP contribution >= 0.6 is 0 Å². The first-order valence-corrected chi connectivity index (χ1v) is 7.13. The normalized spacial score (nSPS) is 11.4. The molecule has 1 atom stereocenters. The molecule has 0 radical (unpaired) electrons. The van der Waals surface area contributed by atoms with Gasteiger partial charge in [-0.3, -0.25) is 9.59 Å². The van der Waals surface area contributed by atoms with E-state index in [1.54, 1.807) is 0 Å². The van der Waals surface area contributed by atoms with Crippen LogP contribution in [0.2, 0.25) is 0 Å². The number of primary amides is 1.